The fraction of sp³-hybridized carbons (Fsp3) is 0.545. The molecule has 3 atom stereocenters. The third kappa shape index (κ3) is 2.98. The molecular weight excluding hydrogens is 336 g/mol. The summed E-state index contributed by atoms with van der Waals surface area (Å²) in [6.45, 7) is 5.97. The highest BCUT2D eigenvalue weighted by Crippen LogP contribution is 2.46. The molecule has 1 aromatic heterocycles. The van der Waals surface area contributed by atoms with Crippen LogP contribution in [-0.4, -0.2) is 57.2 Å². The molecule has 0 saturated carbocycles. The average molecular weight is 364 g/mol. The van der Waals surface area contributed by atoms with E-state index in [1.54, 1.807) is 0 Å². The summed E-state index contributed by atoms with van der Waals surface area (Å²) in [5, 5.41) is 4.33. The first-order valence-electron chi connectivity index (χ1n) is 10.3. The fourth-order valence-corrected chi connectivity index (χ4v) is 5.64. The molecule has 5 heterocycles. The highest BCUT2D eigenvalue weighted by atomic mass is 16.2. The predicted octanol–water partition coefficient (Wildman–Crippen LogP) is 2.67. The molecule has 4 aliphatic rings. The van der Waals surface area contributed by atoms with E-state index in [4.69, 9.17) is 0 Å². The Labute approximate surface area is 161 Å². The molecule has 0 radical (unpaired) electrons. The molecule has 4 saturated heterocycles. The number of nitrogens with zero attached hydrogens (tertiary/aromatic N) is 4. The van der Waals surface area contributed by atoms with E-state index in [1.807, 2.05) is 24.0 Å². The van der Waals surface area contributed by atoms with Crippen LogP contribution < -0.4 is 0 Å². The normalized spacial score (nSPS) is 31.9. The van der Waals surface area contributed by atoms with Gasteiger partial charge in [-0.25, -0.2) is 0 Å². The first-order valence-corrected chi connectivity index (χ1v) is 10.3. The monoisotopic (exact) mass is 364 g/mol. The Morgan fingerprint density at radius 2 is 1.93 bits per heavy atom. The molecule has 0 aliphatic carbocycles. The van der Waals surface area contributed by atoms with Gasteiger partial charge >= 0.3 is 0 Å². The zero-order valence-electron chi connectivity index (χ0n) is 16.0. The predicted molar refractivity (Wildman–Crippen MR) is 104 cm³/mol. The second kappa shape index (κ2) is 6.79. The van der Waals surface area contributed by atoms with Crippen LogP contribution in [0, 0.1) is 12.8 Å². The first-order chi connectivity index (χ1) is 13.2. The number of rotatable bonds is 4. The highest BCUT2D eigenvalue weighted by Gasteiger charge is 2.54. The second-order valence-corrected chi connectivity index (χ2v) is 8.45. The van der Waals surface area contributed by atoms with E-state index in [0.717, 1.165) is 12.1 Å². The lowest BCUT2D eigenvalue weighted by Crippen LogP contribution is -2.60. The Kier molecular flexibility index (Phi) is 4.27. The number of likely N-dealkylation sites (tertiary alicyclic amines) is 1. The lowest BCUT2D eigenvalue weighted by Gasteiger charge is -2.51. The van der Waals surface area contributed by atoms with Crippen molar-refractivity contribution < 1.29 is 4.79 Å². The summed E-state index contributed by atoms with van der Waals surface area (Å²) in [4.78, 5) is 18.1. The summed E-state index contributed by atoms with van der Waals surface area (Å²) in [6.07, 6.45) is 6.89. The first kappa shape index (κ1) is 17.0. The van der Waals surface area contributed by atoms with Gasteiger partial charge in [0.2, 0.25) is 5.91 Å². The molecule has 27 heavy (non-hydrogen) atoms. The van der Waals surface area contributed by atoms with Gasteiger partial charge in [-0.15, -0.1) is 0 Å². The van der Waals surface area contributed by atoms with Crippen molar-refractivity contribution in [2.45, 2.75) is 50.7 Å². The van der Waals surface area contributed by atoms with Crippen LogP contribution in [0.15, 0.2) is 42.7 Å². The molecule has 5 heteroatoms. The summed E-state index contributed by atoms with van der Waals surface area (Å²) in [7, 11) is 0. The van der Waals surface area contributed by atoms with Crippen LogP contribution in [0.4, 0.5) is 0 Å². The van der Waals surface area contributed by atoms with Gasteiger partial charge in [-0.1, -0.05) is 30.3 Å². The minimum absolute atomic E-state index is 0.297. The molecule has 0 N–H and O–H groups in total. The third-order valence-corrected chi connectivity index (χ3v) is 6.86. The van der Waals surface area contributed by atoms with Gasteiger partial charge in [0.15, 0.2) is 0 Å². The lowest BCUT2D eigenvalue weighted by atomic mass is 9.75. The van der Waals surface area contributed by atoms with E-state index in [-0.39, 0.29) is 0 Å². The van der Waals surface area contributed by atoms with E-state index >= 15 is 0 Å². The van der Waals surface area contributed by atoms with Crippen molar-refractivity contribution in [2.75, 3.05) is 19.6 Å². The van der Waals surface area contributed by atoms with E-state index < -0.39 is 0 Å². The number of aromatic nitrogens is 2. The molecule has 1 aromatic carbocycles. The molecule has 2 bridgehead atoms. The Hall–Kier alpha value is -2.14. The van der Waals surface area contributed by atoms with Gasteiger partial charge < -0.3 is 4.90 Å². The van der Waals surface area contributed by atoms with Gasteiger partial charge in [-0.3, -0.25) is 14.4 Å². The molecule has 6 rings (SSSR count). The fourth-order valence-electron chi connectivity index (χ4n) is 5.64. The molecule has 4 fully saturated rings. The lowest BCUT2D eigenvalue weighted by molar-refractivity contribution is -0.136. The summed E-state index contributed by atoms with van der Waals surface area (Å²) >= 11 is 0. The number of carbonyl (C=O) groups excluding carboxylic acids is 1. The minimum Gasteiger partial charge on any atom is -0.337 e. The summed E-state index contributed by atoms with van der Waals surface area (Å²) in [5.41, 5.74) is 2.53. The maximum absolute atomic E-state index is 13.2. The van der Waals surface area contributed by atoms with Crippen molar-refractivity contribution in [1.29, 1.82) is 0 Å². The van der Waals surface area contributed by atoms with Crippen molar-refractivity contribution in [3.8, 4) is 0 Å². The Morgan fingerprint density at radius 3 is 2.63 bits per heavy atom. The topological polar surface area (TPSA) is 41.4 Å². The summed E-state index contributed by atoms with van der Waals surface area (Å²) in [6, 6.07) is 11.7. The molecule has 0 unspecified atom stereocenters. The van der Waals surface area contributed by atoms with Gasteiger partial charge in [-0.05, 0) is 49.9 Å². The number of piperidine rings is 3. The number of carbonyl (C=O) groups is 1. The van der Waals surface area contributed by atoms with Crippen molar-refractivity contribution in [2.24, 2.45) is 5.92 Å². The SMILES string of the molecule is Cc1cnn(CCC(=O)N2C[C@@H](c3ccccc3)[C@@H]3[C@H]2C2CCN3CC2)c1. The van der Waals surface area contributed by atoms with E-state index in [0.29, 0.717) is 42.8 Å². The van der Waals surface area contributed by atoms with Gasteiger partial charge in [-0.2, -0.15) is 5.10 Å². The van der Waals surface area contributed by atoms with Crippen LogP contribution in [0.3, 0.4) is 0 Å². The molecule has 0 spiro atoms. The van der Waals surface area contributed by atoms with Gasteiger partial charge in [0.25, 0.3) is 0 Å². The molecule has 4 aliphatic heterocycles. The molecule has 5 nitrogen and oxygen atoms in total. The largest absolute Gasteiger partial charge is 0.337 e. The molecule has 142 valence electrons. The summed E-state index contributed by atoms with van der Waals surface area (Å²) in [5.74, 6) is 1.41. The standard InChI is InChI=1S/C22H28N4O/c1-16-13-23-25(14-16)12-9-20(27)26-15-19(17-5-3-2-4-6-17)22-21(26)18-7-10-24(22)11-8-18/h2-6,13-14,18-19,21-22H,7-12,15H2,1H3/t19-,21+,22+/m0/s1. The number of aryl methyl sites for hydroxylation is 2. The Bertz CT molecular complexity index is 809. The number of amides is 1. The molecule has 2 aromatic rings. The second-order valence-electron chi connectivity index (χ2n) is 8.45. The van der Waals surface area contributed by atoms with Crippen molar-refractivity contribution in [3.63, 3.8) is 0 Å². The van der Waals surface area contributed by atoms with E-state index in [9.17, 15) is 4.79 Å². The number of hydrogen-bond acceptors (Lipinski definition) is 3. The van der Waals surface area contributed by atoms with Gasteiger partial charge in [0.05, 0.1) is 12.2 Å². The Morgan fingerprint density at radius 1 is 1.15 bits per heavy atom. The quantitative estimate of drug-likeness (QED) is 0.838. The maximum Gasteiger partial charge on any atom is 0.224 e. The average Bonchev–Trinajstić information content (AvgIpc) is 3.33. The van der Waals surface area contributed by atoms with Crippen LogP contribution in [0.1, 0.15) is 36.3 Å². The highest BCUT2D eigenvalue weighted by molar-refractivity contribution is 5.77. The minimum atomic E-state index is 0.297. The van der Waals surface area contributed by atoms with Crippen molar-refractivity contribution >= 4 is 5.91 Å². The number of hydrogen-bond donors (Lipinski definition) is 0. The van der Waals surface area contributed by atoms with Crippen LogP contribution in [-0.2, 0) is 11.3 Å². The smallest absolute Gasteiger partial charge is 0.224 e. The zero-order chi connectivity index (χ0) is 18.4. The number of benzene rings is 1. The van der Waals surface area contributed by atoms with E-state index in [2.05, 4.69) is 45.2 Å². The van der Waals surface area contributed by atoms with Crippen LogP contribution in [0.25, 0.3) is 0 Å². The molecular formula is C22H28N4O. The van der Waals surface area contributed by atoms with Crippen molar-refractivity contribution in [3.05, 3.63) is 53.9 Å². The van der Waals surface area contributed by atoms with Crippen LogP contribution in [0.5, 0.6) is 0 Å². The summed E-state index contributed by atoms with van der Waals surface area (Å²) < 4.78 is 1.89. The van der Waals surface area contributed by atoms with Gasteiger partial charge in [0, 0.05) is 37.7 Å². The molecule has 1 amide bonds. The van der Waals surface area contributed by atoms with Crippen molar-refractivity contribution in [1.82, 2.24) is 19.6 Å². The van der Waals surface area contributed by atoms with Crippen LogP contribution in [0.2, 0.25) is 0 Å². The third-order valence-electron chi connectivity index (χ3n) is 6.86. The van der Waals surface area contributed by atoms with Gasteiger partial charge in [0.1, 0.15) is 0 Å². The van der Waals surface area contributed by atoms with E-state index in [1.165, 1.54) is 31.5 Å². The Balaban J connectivity index is 1.38. The number of fused-ring (bicyclic) bond motifs is 2. The van der Waals surface area contributed by atoms with Crippen LogP contribution >= 0.6 is 0 Å². The maximum atomic E-state index is 13.2. The zero-order valence-corrected chi connectivity index (χ0v) is 16.0.